The Bertz CT molecular complexity index is 431. The number of hydrogen-bond donors (Lipinski definition) is 1. The molecule has 1 heterocycles. The van der Waals surface area contributed by atoms with E-state index in [-0.39, 0.29) is 0 Å². The summed E-state index contributed by atoms with van der Waals surface area (Å²) in [5, 5.41) is 3.22. The molecule has 1 aliphatic rings. The molecule has 1 amide bonds. The van der Waals surface area contributed by atoms with Gasteiger partial charge in [0.15, 0.2) is 5.11 Å². The van der Waals surface area contributed by atoms with Gasteiger partial charge in [0.2, 0.25) is 0 Å². The van der Waals surface area contributed by atoms with Gasteiger partial charge in [-0.15, -0.1) is 0 Å². The minimum Gasteiger partial charge on any atom is -0.410 e. The lowest BCUT2D eigenvalue weighted by Gasteiger charge is -2.22. The monoisotopic (exact) mass is 234 g/mol. The summed E-state index contributed by atoms with van der Waals surface area (Å²) in [4.78, 5) is 13.0. The second-order valence-corrected chi connectivity index (χ2v) is 3.51. The molecular formula is C11H10N2O2S. The van der Waals surface area contributed by atoms with E-state index in [1.165, 1.54) is 4.90 Å². The van der Waals surface area contributed by atoms with Crippen LogP contribution in [0.2, 0.25) is 0 Å². The zero-order valence-corrected chi connectivity index (χ0v) is 9.24. The van der Waals surface area contributed by atoms with Crippen molar-refractivity contribution >= 4 is 23.4 Å². The van der Waals surface area contributed by atoms with Gasteiger partial charge in [0, 0.05) is 12.7 Å². The fourth-order valence-corrected chi connectivity index (χ4v) is 1.46. The molecule has 5 heteroatoms. The van der Waals surface area contributed by atoms with Crippen LogP contribution in [0.3, 0.4) is 0 Å². The average molecular weight is 234 g/mol. The van der Waals surface area contributed by atoms with Crippen LogP contribution in [0.15, 0.2) is 42.6 Å². The molecule has 0 saturated heterocycles. The molecular weight excluding hydrogens is 224 g/mol. The van der Waals surface area contributed by atoms with Gasteiger partial charge in [-0.05, 0) is 30.4 Å². The van der Waals surface area contributed by atoms with Gasteiger partial charge in [0.1, 0.15) is 5.75 Å². The van der Waals surface area contributed by atoms with Crippen LogP contribution in [0.4, 0.5) is 4.79 Å². The molecule has 0 aromatic heterocycles. The standard InChI is InChI=1S/C11H10N2O2S/c14-11(13-8-4-7-12-10(13)16)15-9-5-2-1-3-6-9/h1-6,8H,7H2,(H,12,16). The zero-order chi connectivity index (χ0) is 11.4. The van der Waals surface area contributed by atoms with E-state index in [0.717, 1.165) is 0 Å². The smallest absolute Gasteiger partial charge is 0.410 e. The molecule has 82 valence electrons. The number of para-hydroxylation sites is 1. The van der Waals surface area contributed by atoms with Gasteiger partial charge in [0.05, 0.1) is 0 Å². The van der Waals surface area contributed by atoms with E-state index < -0.39 is 6.09 Å². The molecule has 0 radical (unpaired) electrons. The van der Waals surface area contributed by atoms with E-state index in [2.05, 4.69) is 5.32 Å². The third-order valence-electron chi connectivity index (χ3n) is 1.99. The highest BCUT2D eigenvalue weighted by Crippen LogP contribution is 2.11. The number of nitrogens with zero attached hydrogens (tertiary/aromatic N) is 1. The van der Waals surface area contributed by atoms with Crippen LogP contribution in [0.25, 0.3) is 0 Å². The fraction of sp³-hybridized carbons (Fsp3) is 0.0909. The Hall–Kier alpha value is -1.88. The van der Waals surface area contributed by atoms with E-state index in [9.17, 15) is 4.79 Å². The normalized spacial score (nSPS) is 14.5. The van der Waals surface area contributed by atoms with Crippen LogP contribution in [0, 0.1) is 0 Å². The molecule has 1 aliphatic heterocycles. The average Bonchev–Trinajstić information content (AvgIpc) is 2.31. The van der Waals surface area contributed by atoms with Gasteiger partial charge in [-0.2, -0.15) is 0 Å². The highest BCUT2D eigenvalue weighted by molar-refractivity contribution is 7.80. The second-order valence-electron chi connectivity index (χ2n) is 3.12. The van der Waals surface area contributed by atoms with Crippen LogP contribution in [-0.4, -0.2) is 22.7 Å². The number of benzene rings is 1. The van der Waals surface area contributed by atoms with Crippen molar-refractivity contribution in [3.05, 3.63) is 42.6 Å². The number of carbonyl (C=O) groups is 1. The van der Waals surface area contributed by atoms with Crippen molar-refractivity contribution in [3.8, 4) is 5.75 Å². The van der Waals surface area contributed by atoms with Crippen molar-refractivity contribution in [2.24, 2.45) is 0 Å². The van der Waals surface area contributed by atoms with Crippen LogP contribution in [-0.2, 0) is 0 Å². The quantitative estimate of drug-likeness (QED) is 0.753. The molecule has 0 aliphatic carbocycles. The third-order valence-corrected chi connectivity index (χ3v) is 2.33. The van der Waals surface area contributed by atoms with Crippen molar-refractivity contribution in [1.29, 1.82) is 0 Å². The first-order valence-electron chi connectivity index (χ1n) is 4.78. The number of hydrogen-bond acceptors (Lipinski definition) is 3. The molecule has 2 rings (SSSR count). The maximum atomic E-state index is 11.7. The topological polar surface area (TPSA) is 41.6 Å². The highest BCUT2D eigenvalue weighted by Gasteiger charge is 2.19. The molecule has 0 spiro atoms. The fourth-order valence-electron chi connectivity index (χ4n) is 1.24. The second kappa shape index (κ2) is 4.76. The highest BCUT2D eigenvalue weighted by atomic mass is 32.1. The summed E-state index contributed by atoms with van der Waals surface area (Å²) in [7, 11) is 0. The molecule has 1 aromatic carbocycles. The van der Waals surface area contributed by atoms with Gasteiger partial charge >= 0.3 is 6.09 Å². The maximum absolute atomic E-state index is 11.7. The number of amides is 1. The number of carbonyl (C=O) groups excluding carboxylic acids is 1. The van der Waals surface area contributed by atoms with Gasteiger partial charge in [-0.25, -0.2) is 9.69 Å². The van der Waals surface area contributed by atoms with Gasteiger partial charge in [-0.1, -0.05) is 18.2 Å². The molecule has 0 atom stereocenters. The Morgan fingerprint density at radius 3 is 2.81 bits per heavy atom. The summed E-state index contributed by atoms with van der Waals surface area (Å²) in [5.41, 5.74) is 0. The lowest BCUT2D eigenvalue weighted by Crippen LogP contribution is -2.44. The number of rotatable bonds is 1. The first-order chi connectivity index (χ1) is 7.77. The SMILES string of the molecule is O=C(Oc1ccccc1)N1C=CCNC1=S. The van der Waals surface area contributed by atoms with E-state index in [1.54, 1.807) is 36.5 Å². The molecule has 16 heavy (non-hydrogen) atoms. The minimum atomic E-state index is -0.514. The van der Waals surface area contributed by atoms with Crippen LogP contribution in [0.5, 0.6) is 5.75 Å². The van der Waals surface area contributed by atoms with Gasteiger partial charge in [-0.3, -0.25) is 0 Å². The molecule has 0 unspecified atom stereocenters. The lowest BCUT2D eigenvalue weighted by atomic mass is 10.3. The van der Waals surface area contributed by atoms with Crippen LogP contribution >= 0.6 is 12.2 Å². The van der Waals surface area contributed by atoms with Gasteiger partial charge in [0.25, 0.3) is 0 Å². The van der Waals surface area contributed by atoms with Crippen molar-refractivity contribution < 1.29 is 9.53 Å². The van der Waals surface area contributed by atoms with E-state index in [4.69, 9.17) is 17.0 Å². The van der Waals surface area contributed by atoms with Crippen molar-refractivity contribution in [3.63, 3.8) is 0 Å². The van der Waals surface area contributed by atoms with Crippen molar-refractivity contribution in [2.45, 2.75) is 0 Å². The van der Waals surface area contributed by atoms with E-state index in [0.29, 0.717) is 17.4 Å². The summed E-state index contributed by atoms with van der Waals surface area (Å²) in [6.45, 7) is 0.633. The van der Waals surface area contributed by atoms with Crippen LogP contribution < -0.4 is 10.1 Å². The molecule has 4 nitrogen and oxygen atoms in total. The predicted octanol–water partition coefficient (Wildman–Crippen LogP) is 1.89. The number of ether oxygens (including phenoxy) is 1. The Labute approximate surface area is 98.5 Å². The summed E-state index contributed by atoms with van der Waals surface area (Å²) in [5.74, 6) is 0.495. The van der Waals surface area contributed by atoms with E-state index in [1.807, 2.05) is 6.07 Å². The lowest BCUT2D eigenvalue weighted by molar-refractivity contribution is 0.185. The molecule has 0 fully saturated rings. The Morgan fingerprint density at radius 1 is 1.38 bits per heavy atom. The Morgan fingerprint density at radius 2 is 2.12 bits per heavy atom. The molecule has 0 bridgehead atoms. The summed E-state index contributed by atoms with van der Waals surface area (Å²) in [6, 6.07) is 8.87. The third kappa shape index (κ3) is 2.38. The van der Waals surface area contributed by atoms with Crippen molar-refractivity contribution in [1.82, 2.24) is 10.2 Å². The molecule has 1 aromatic rings. The van der Waals surface area contributed by atoms with E-state index >= 15 is 0 Å². The summed E-state index contributed by atoms with van der Waals surface area (Å²) < 4.78 is 5.13. The Kier molecular flexibility index (Phi) is 3.16. The maximum Gasteiger partial charge on any atom is 0.425 e. The predicted molar refractivity (Wildman–Crippen MR) is 64.0 cm³/mol. The number of thiocarbonyl (C=S) groups is 1. The summed E-state index contributed by atoms with van der Waals surface area (Å²) >= 11 is 4.98. The first kappa shape index (κ1) is 10.6. The van der Waals surface area contributed by atoms with Gasteiger partial charge < -0.3 is 10.1 Å². The first-order valence-corrected chi connectivity index (χ1v) is 5.19. The summed E-state index contributed by atoms with van der Waals surface area (Å²) in [6.07, 6.45) is 2.88. The van der Waals surface area contributed by atoms with Crippen LogP contribution in [0.1, 0.15) is 0 Å². The zero-order valence-electron chi connectivity index (χ0n) is 8.42. The largest absolute Gasteiger partial charge is 0.425 e. The Balaban J connectivity index is 2.06. The number of nitrogens with one attached hydrogen (secondary N) is 1. The molecule has 1 N–H and O–H groups in total. The molecule has 0 saturated carbocycles. The van der Waals surface area contributed by atoms with Crippen molar-refractivity contribution in [2.75, 3.05) is 6.54 Å². The minimum absolute atomic E-state index is 0.350.